The molecule has 20 heavy (non-hydrogen) atoms. The van der Waals surface area contributed by atoms with E-state index < -0.39 is 0 Å². The standard InChI is InChI=1S/C15H14N4S/c1-19-14(13-8-5-9-16-10-13)17-18-15(19)20-11-12-6-3-2-4-7-12/h2-10H,11H2,1H3. The first-order valence-electron chi connectivity index (χ1n) is 6.31. The van der Waals surface area contributed by atoms with E-state index in [4.69, 9.17) is 0 Å². The molecule has 0 aliphatic rings. The molecule has 0 saturated heterocycles. The van der Waals surface area contributed by atoms with E-state index in [-0.39, 0.29) is 0 Å². The molecule has 0 unspecified atom stereocenters. The van der Waals surface area contributed by atoms with Crippen LogP contribution in [0.2, 0.25) is 0 Å². The zero-order chi connectivity index (χ0) is 13.8. The highest BCUT2D eigenvalue weighted by Gasteiger charge is 2.11. The first-order valence-corrected chi connectivity index (χ1v) is 7.29. The second-order valence-corrected chi connectivity index (χ2v) is 5.32. The molecule has 0 atom stereocenters. The summed E-state index contributed by atoms with van der Waals surface area (Å²) >= 11 is 1.68. The fourth-order valence-electron chi connectivity index (χ4n) is 1.91. The van der Waals surface area contributed by atoms with Gasteiger partial charge >= 0.3 is 0 Å². The van der Waals surface area contributed by atoms with Crippen molar-refractivity contribution in [1.82, 2.24) is 19.7 Å². The van der Waals surface area contributed by atoms with Gasteiger partial charge < -0.3 is 4.57 Å². The minimum atomic E-state index is 0.841. The van der Waals surface area contributed by atoms with Crippen LogP contribution in [-0.4, -0.2) is 19.7 Å². The van der Waals surface area contributed by atoms with Crippen LogP contribution in [0.3, 0.4) is 0 Å². The lowest BCUT2D eigenvalue weighted by Gasteiger charge is -2.03. The summed E-state index contributed by atoms with van der Waals surface area (Å²) in [6, 6.07) is 14.2. The van der Waals surface area contributed by atoms with Crippen molar-refractivity contribution in [2.45, 2.75) is 10.9 Å². The van der Waals surface area contributed by atoms with Gasteiger partial charge in [0.05, 0.1) is 0 Å². The van der Waals surface area contributed by atoms with Crippen LogP contribution in [0.25, 0.3) is 11.4 Å². The van der Waals surface area contributed by atoms with Gasteiger partial charge in [0.2, 0.25) is 0 Å². The molecule has 0 fully saturated rings. The van der Waals surface area contributed by atoms with E-state index in [1.165, 1.54) is 5.56 Å². The van der Waals surface area contributed by atoms with Gasteiger partial charge in [0.25, 0.3) is 0 Å². The van der Waals surface area contributed by atoms with E-state index in [1.54, 1.807) is 24.2 Å². The molecule has 0 spiro atoms. The average molecular weight is 282 g/mol. The van der Waals surface area contributed by atoms with E-state index in [1.807, 2.05) is 41.9 Å². The SMILES string of the molecule is Cn1c(SCc2ccccc2)nnc1-c1cccnc1. The van der Waals surface area contributed by atoms with Gasteiger partial charge in [-0.05, 0) is 17.7 Å². The van der Waals surface area contributed by atoms with E-state index in [2.05, 4.69) is 27.3 Å². The first kappa shape index (κ1) is 12.9. The molecule has 2 heterocycles. The van der Waals surface area contributed by atoms with E-state index in [9.17, 15) is 0 Å². The molecular weight excluding hydrogens is 268 g/mol. The monoisotopic (exact) mass is 282 g/mol. The Hall–Kier alpha value is -2.14. The van der Waals surface area contributed by atoms with Crippen LogP contribution >= 0.6 is 11.8 Å². The van der Waals surface area contributed by atoms with Crippen LogP contribution in [0, 0.1) is 0 Å². The number of hydrogen-bond acceptors (Lipinski definition) is 4. The van der Waals surface area contributed by atoms with Gasteiger partial charge in [-0.15, -0.1) is 10.2 Å². The smallest absolute Gasteiger partial charge is 0.191 e. The minimum Gasteiger partial charge on any atom is -0.305 e. The molecule has 0 aliphatic carbocycles. The number of pyridine rings is 1. The molecule has 100 valence electrons. The van der Waals surface area contributed by atoms with E-state index in [0.29, 0.717) is 0 Å². The number of hydrogen-bond donors (Lipinski definition) is 0. The Morgan fingerprint density at radius 3 is 2.65 bits per heavy atom. The van der Waals surface area contributed by atoms with Crippen molar-refractivity contribution >= 4 is 11.8 Å². The molecular formula is C15H14N4S. The molecule has 0 radical (unpaired) electrons. The second-order valence-electron chi connectivity index (χ2n) is 4.38. The maximum Gasteiger partial charge on any atom is 0.191 e. The van der Waals surface area contributed by atoms with Crippen molar-refractivity contribution < 1.29 is 0 Å². The van der Waals surface area contributed by atoms with Crippen molar-refractivity contribution in [3.05, 3.63) is 60.4 Å². The van der Waals surface area contributed by atoms with Crippen LogP contribution in [0.15, 0.2) is 60.0 Å². The lowest BCUT2D eigenvalue weighted by Crippen LogP contribution is -1.95. The maximum atomic E-state index is 4.26. The number of nitrogens with zero attached hydrogens (tertiary/aromatic N) is 4. The molecule has 0 bridgehead atoms. The third-order valence-corrected chi connectivity index (χ3v) is 4.06. The zero-order valence-electron chi connectivity index (χ0n) is 11.1. The number of aromatic nitrogens is 4. The first-order chi connectivity index (χ1) is 9.84. The van der Waals surface area contributed by atoms with Gasteiger partial charge in [0.1, 0.15) is 0 Å². The van der Waals surface area contributed by atoms with Gasteiger partial charge in [0, 0.05) is 30.8 Å². The summed E-state index contributed by atoms with van der Waals surface area (Å²) in [5.74, 6) is 1.73. The highest BCUT2D eigenvalue weighted by Crippen LogP contribution is 2.24. The fraction of sp³-hybridized carbons (Fsp3) is 0.133. The molecule has 2 aromatic heterocycles. The van der Waals surface area contributed by atoms with Gasteiger partial charge in [-0.2, -0.15) is 0 Å². The topological polar surface area (TPSA) is 43.6 Å². The number of thioether (sulfide) groups is 1. The summed E-state index contributed by atoms with van der Waals surface area (Å²) in [6.45, 7) is 0. The lowest BCUT2D eigenvalue weighted by atomic mass is 10.2. The highest BCUT2D eigenvalue weighted by atomic mass is 32.2. The Bertz CT molecular complexity index is 680. The largest absolute Gasteiger partial charge is 0.305 e. The predicted octanol–water partition coefficient (Wildman–Crippen LogP) is 3.17. The fourth-order valence-corrected chi connectivity index (χ4v) is 2.78. The van der Waals surface area contributed by atoms with E-state index >= 15 is 0 Å². The van der Waals surface area contributed by atoms with Gasteiger partial charge in [0.15, 0.2) is 11.0 Å². The Labute approximate surface area is 121 Å². The average Bonchev–Trinajstić information content (AvgIpc) is 2.88. The van der Waals surface area contributed by atoms with Crippen LogP contribution in [-0.2, 0) is 12.8 Å². The Kier molecular flexibility index (Phi) is 3.78. The molecule has 4 nitrogen and oxygen atoms in total. The summed E-state index contributed by atoms with van der Waals surface area (Å²) < 4.78 is 2.00. The van der Waals surface area contributed by atoms with Crippen molar-refractivity contribution in [2.24, 2.45) is 7.05 Å². The molecule has 1 aromatic carbocycles. The third-order valence-electron chi connectivity index (χ3n) is 2.97. The minimum absolute atomic E-state index is 0.841. The lowest BCUT2D eigenvalue weighted by molar-refractivity contribution is 0.793. The number of benzene rings is 1. The van der Waals surface area contributed by atoms with Crippen molar-refractivity contribution in [3.63, 3.8) is 0 Å². The quantitative estimate of drug-likeness (QED) is 0.689. The second kappa shape index (κ2) is 5.88. The van der Waals surface area contributed by atoms with E-state index in [0.717, 1.165) is 22.3 Å². The van der Waals surface area contributed by atoms with Crippen LogP contribution in [0.1, 0.15) is 5.56 Å². The summed E-state index contributed by atoms with van der Waals surface area (Å²) in [5.41, 5.74) is 2.26. The van der Waals surface area contributed by atoms with Crippen molar-refractivity contribution in [2.75, 3.05) is 0 Å². The highest BCUT2D eigenvalue weighted by molar-refractivity contribution is 7.98. The Balaban J connectivity index is 1.78. The molecule has 3 rings (SSSR count). The summed E-state index contributed by atoms with van der Waals surface area (Å²) in [6.07, 6.45) is 3.56. The van der Waals surface area contributed by atoms with Gasteiger partial charge in [-0.3, -0.25) is 4.98 Å². The number of rotatable bonds is 4. The van der Waals surface area contributed by atoms with Crippen LogP contribution < -0.4 is 0 Å². The zero-order valence-corrected chi connectivity index (χ0v) is 11.9. The molecule has 0 N–H and O–H groups in total. The summed E-state index contributed by atoms with van der Waals surface area (Å²) in [7, 11) is 1.98. The molecule has 5 heteroatoms. The molecule has 3 aromatic rings. The van der Waals surface area contributed by atoms with Crippen molar-refractivity contribution in [1.29, 1.82) is 0 Å². The summed E-state index contributed by atoms with van der Waals surface area (Å²) in [4.78, 5) is 4.12. The normalized spacial score (nSPS) is 10.7. The molecule has 0 amide bonds. The van der Waals surface area contributed by atoms with Gasteiger partial charge in [-0.1, -0.05) is 42.1 Å². The third kappa shape index (κ3) is 2.72. The Morgan fingerprint density at radius 1 is 1.05 bits per heavy atom. The van der Waals surface area contributed by atoms with Crippen molar-refractivity contribution in [3.8, 4) is 11.4 Å². The maximum absolute atomic E-state index is 4.26. The Morgan fingerprint density at radius 2 is 1.90 bits per heavy atom. The van der Waals surface area contributed by atoms with Crippen LogP contribution in [0.5, 0.6) is 0 Å². The predicted molar refractivity (Wildman–Crippen MR) is 80.2 cm³/mol. The van der Waals surface area contributed by atoms with Crippen LogP contribution in [0.4, 0.5) is 0 Å². The van der Waals surface area contributed by atoms with Gasteiger partial charge in [-0.25, -0.2) is 0 Å². The molecule has 0 saturated carbocycles. The summed E-state index contributed by atoms with van der Waals surface area (Å²) in [5, 5.41) is 9.42. The molecule has 0 aliphatic heterocycles.